The van der Waals surface area contributed by atoms with Crippen molar-refractivity contribution in [3.05, 3.63) is 0 Å². The third-order valence-corrected chi connectivity index (χ3v) is 3.39. The fourth-order valence-electron chi connectivity index (χ4n) is 1.95. The molecule has 1 rings (SSSR count). The minimum absolute atomic E-state index is 0.449. The molecule has 0 aromatic carbocycles. The normalized spacial score (nSPS) is 30.7. The van der Waals surface area contributed by atoms with Crippen LogP contribution in [-0.2, 0) is 0 Å². The van der Waals surface area contributed by atoms with E-state index in [0.29, 0.717) is 18.1 Å². The van der Waals surface area contributed by atoms with Gasteiger partial charge in [0.2, 0.25) is 0 Å². The molecule has 0 aromatic rings. The maximum atomic E-state index is 5.86. The zero-order valence-electron chi connectivity index (χ0n) is 8.75. The van der Waals surface area contributed by atoms with Crippen molar-refractivity contribution < 1.29 is 0 Å². The Hall–Kier alpha value is 0.270. The van der Waals surface area contributed by atoms with Crippen molar-refractivity contribution in [1.29, 1.82) is 0 Å². The third kappa shape index (κ3) is 4.34. The first-order valence-corrected chi connectivity index (χ1v) is 6.62. The van der Waals surface area contributed by atoms with Gasteiger partial charge in [-0.15, -0.1) is 0 Å². The number of hydrogen-bond donors (Lipinski definition) is 2. The van der Waals surface area contributed by atoms with Crippen molar-refractivity contribution in [2.75, 3.05) is 12.0 Å². The molecule has 0 saturated heterocycles. The number of rotatable bonds is 5. The zero-order chi connectivity index (χ0) is 9.68. The summed E-state index contributed by atoms with van der Waals surface area (Å²) in [6, 6.07) is 1.79. The molecule has 0 heterocycles. The van der Waals surface area contributed by atoms with Gasteiger partial charge in [-0.05, 0) is 44.6 Å². The highest BCUT2D eigenvalue weighted by atomic mass is 32.2. The summed E-state index contributed by atoms with van der Waals surface area (Å²) in [6.07, 6.45) is 7.08. The SMILES string of the molecule is CSCCC(C)NC1CCC(N)C1. The van der Waals surface area contributed by atoms with Crippen LogP contribution in [-0.4, -0.2) is 30.1 Å². The number of hydrogen-bond acceptors (Lipinski definition) is 3. The van der Waals surface area contributed by atoms with Crippen molar-refractivity contribution >= 4 is 11.8 Å². The van der Waals surface area contributed by atoms with E-state index in [4.69, 9.17) is 5.73 Å². The van der Waals surface area contributed by atoms with E-state index in [1.54, 1.807) is 0 Å². The Balaban J connectivity index is 2.09. The smallest absolute Gasteiger partial charge is 0.00848 e. The Morgan fingerprint density at radius 3 is 2.85 bits per heavy atom. The summed E-state index contributed by atoms with van der Waals surface area (Å²) < 4.78 is 0. The predicted octanol–water partition coefficient (Wildman–Crippen LogP) is 1.60. The van der Waals surface area contributed by atoms with Gasteiger partial charge in [-0.2, -0.15) is 11.8 Å². The lowest BCUT2D eigenvalue weighted by Gasteiger charge is -2.18. The van der Waals surface area contributed by atoms with Gasteiger partial charge in [-0.3, -0.25) is 0 Å². The van der Waals surface area contributed by atoms with E-state index in [0.717, 1.165) is 0 Å². The molecular formula is C10H22N2S. The van der Waals surface area contributed by atoms with Crippen molar-refractivity contribution in [1.82, 2.24) is 5.32 Å². The van der Waals surface area contributed by atoms with Crippen LogP contribution in [0.4, 0.5) is 0 Å². The molecule has 1 saturated carbocycles. The third-order valence-electron chi connectivity index (χ3n) is 2.75. The van der Waals surface area contributed by atoms with Gasteiger partial charge >= 0.3 is 0 Å². The number of nitrogens with one attached hydrogen (secondary N) is 1. The highest BCUT2D eigenvalue weighted by Gasteiger charge is 2.22. The summed E-state index contributed by atoms with van der Waals surface area (Å²) in [5.41, 5.74) is 5.86. The fraction of sp³-hybridized carbons (Fsp3) is 1.00. The molecule has 2 nitrogen and oxygen atoms in total. The second-order valence-corrected chi connectivity index (χ2v) is 5.10. The van der Waals surface area contributed by atoms with E-state index in [1.807, 2.05) is 11.8 Å². The van der Waals surface area contributed by atoms with Crippen LogP contribution < -0.4 is 11.1 Å². The molecule has 3 N–H and O–H groups in total. The molecule has 0 bridgehead atoms. The molecule has 3 heteroatoms. The highest BCUT2D eigenvalue weighted by Crippen LogP contribution is 2.18. The molecule has 3 atom stereocenters. The molecule has 0 spiro atoms. The van der Waals surface area contributed by atoms with Gasteiger partial charge in [-0.1, -0.05) is 0 Å². The Kier molecular flexibility index (Phi) is 5.14. The first-order valence-electron chi connectivity index (χ1n) is 5.23. The van der Waals surface area contributed by atoms with Crippen LogP contribution in [0.2, 0.25) is 0 Å². The molecule has 78 valence electrons. The van der Waals surface area contributed by atoms with Crippen LogP contribution in [0.25, 0.3) is 0 Å². The Bertz CT molecular complexity index is 141. The predicted molar refractivity (Wildman–Crippen MR) is 61.2 cm³/mol. The van der Waals surface area contributed by atoms with Crippen molar-refractivity contribution in [2.24, 2.45) is 5.73 Å². The van der Waals surface area contributed by atoms with Gasteiger partial charge in [0, 0.05) is 18.1 Å². The van der Waals surface area contributed by atoms with Gasteiger partial charge < -0.3 is 11.1 Å². The lowest BCUT2D eigenvalue weighted by Crippen LogP contribution is -2.36. The number of nitrogens with two attached hydrogens (primary N) is 1. The van der Waals surface area contributed by atoms with Gasteiger partial charge in [0.15, 0.2) is 0 Å². The van der Waals surface area contributed by atoms with Crippen LogP contribution in [0.1, 0.15) is 32.6 Å². The topological polar surface area (TPSA) is 38.0 Å². The highest BCUT2D eigenvalue weighted by molar-refractivity contribution is 7.98. The molecule has 1 fully saturated rings. The molecule has 0 aromatic heterocycles. The molecule has 1 aliphatic carbocycles. The standard InChI is InChI=1S/C10H22N2S/c1-8(5-6-13-2)12-10-4-3-9(11)7-10/h8-10,12H,3-7,11H2,1-2H3. The fourth-order valence-corrected chi connectivity index (χ4v) is 2.54. The Morgan fingerprint density at radius 1 is 1.54 bits per heavy atom. The summed E-state index contributed by atoms with van der Waals surface area (Å²) in [5.74, 6) is 1.26. The number of thioether (sulfide) groups is 1. The van der Waals surface area contributed by atoms with Crippen LogP contribution in [0, 0.1) is 0 Å². The van der Waals surface area contributed by atoms with E-state index < -0.39 is 0 Å². The van der Waals surface area contributed by atoms with Crippen LogP contribution in [0.5, 0.6) is 0 Å². The first-order chi connectivity index (χ1) is 6.22. The van der Waals surface area contributed by atoms with Crippen molar-refractivity contribution in [3.8, 4) is 0 Å². The lowest BCUT2D eigenvalue weighted by atomic mass is 10.2. The van der Waals surface area contributed by atoms with Gasteiger partial charge in [0.05, 0.1) is 0 Å². The molecule has 0 radical (unpaired) electrons. The van der Waals surface area contributed by atoms with Gasteiger partial charge in [0.1, 0.15) is 0 Å². The quantitative estimate of drug-likeness (QED) is 0.711. The minimum atomic E-state index is 0.449. The molecule has 0 aliphatic heterocycles. The van der Waals surface area contributed by atoms with E-state index in [-0.39, 0.29) is 0 Å². The van der Waals surface area contributed by atoms with Crippen LogP contribution in [0.15, 0.2) is 0 Å². The maximum absolute atomic E-state index is 5.86. The average molecular weight is 202 g/mol. The monoisotopic (exact) mass is 202 g/mol. The van der Waals surface area contributed by atoms with E-state index >= 15 is 0 Å². The maximum Gasteiger partial charge on any atom is 0.00848 e. The summed E-state index contributed by atoms with van der Waals surface area (Å²) >= 11 is 1.92. The van der Waals surface area contributed by atoms with Crippen LogP contribution in [0.3, 0.4) is 0 Å². The van der Waals surface area contributed by atoms with Gasteiger partial charge in [0.25, 0.3) is 0 Å². The molecule has 3 unspecified atom stereocenters. The Labute approximate surface area is 86.0 Å². The zero-order valence-corrected chi connectivity index (χ0v) is 9.57. The summed E-state index contributed by atoms with van der Waals surface area (Å²) in [4.78, 5) is 0. The molecule has 1 aliphatic rings. The summed E-state index contributed by atoms with van der Waals surface area (Å²) in [6.45, 7) is 2.28. The molecular weight excluding hydrogens is 180 g/mol. The second kappa shape index (κ2) is 5.89. The van der Waals surface area contributed by atoms with E-state index in [1.165, 1.54) is 31.4 Å². The average Bonchev–Trinajstić information content (AvgIpc) is 2.48. The van der Waals surface area contributed by atoms with E-state index in [2.05, 4.69) is 18.5 Å². The second-order valence-electron chi connectivity index (χ2n) is 4.12. The minimum Gasteiger partial charge on any atom is -0.328 e. The molecule has 13 heavy (non-hydrogen) atoms. The molecule has 0 amide bonds. The van der Waals surface area contributed by atoms with Gasteiger partial charge in [-0.25, -0.2) is 0 Å². The lowest BCUT2D eigenvalue weighted by molar-refractivity contribution is 0.440. The summed E-state index contributed by atoms with van der Waals surface area (Å²) in [5, 5.41) is 3.65. The van der Waals surface area contributed by atoms with Crippen molar-refractivity contribution in [2.45, 2.75) is 50.7 Å². The van der Waals surface area contributed by atoms with E-state index in [9.17, 15) is 0 Å². The van der Waals surface area contributed by atoms with Crippen molar-refractivity contribution in [3.63, 3.8) is 0 Å². The Morgan fingerprint density at radius 2 is 2.31 bits per heavy atom. The van der Waals surface area contributed by atoms with Crippen LogP contribution >= 0.6 is 11.8 Å². The summed E-state index contributed by atoms with van der Waals surface area (Å²) in [7, 11) is 0. The largest absolute Gasteiger partial charge is 0.328 e. The first kappa shape index (κ1) is 11.3.